The second-order valence-corrected chi connectivity index (χ2v) is 6.82. The SMILES string of the molecule is CCc1[nH]nc(C(=O)N(C)C2CC2)c1S(=O)(=O)Cl. The third kappa shape index (κ3) is 2.37. The predicted octanol–water partition coefficient (Wildman–Crippen LogP) is 1.13. The molecule has 2 rings (SSSR count). The van der Waals surface area contributed by atoms with Gasteiger partial charge in [-0.3, -0.25) is 9.89 Å². The second-order valence-electron chi connectivity index (χ2n) is 4.32. The first-order valence-corrected chi connectivity index (χ1v) is 7.96. The van der Waals surface area contributed by atoms with Crippen LogP contribution in [0.4, 0.5) is 0 Å². The summed E-state index contributed by atoms with van der Waals surface area (Å²) < 4.78 is 23.1. The van der Waals surface area contributed by atoms with Crippen molar-refractivity contribution in [2.24, 2.45) is 0 Å². The van der Waals surface area contributed by atoms with Crippen molar-refractivity contribution in [2.45, 2.75) is 37.1 Å². The molecule has 8 heteroatoms. The highest BCUT2D eigenvalue weighted by molar-refractivity contribution is 8.13. The van der Waals surface area contributed by atoms with Gasteiger partial charge in [-0.05, 0) is 19.3 Å². The maximum Gasteiger partial charge on any atom is 0.275 e. The normalized spacial score (nSPS) is 15.7. The van der Waals surface area contributed by atoms with Crippen molar-refractivity contribution >= 4 is 25.6 Å². The number of hydrogen-bond acceptors (Lipinski definition) is 4. The van der Waals surface area contributed by atoms with Crippen molar-refractivity contribution in [1.82, 2.24) is 15.1 Å². The molecule has 1 aliphatic carbocycles. The van der Waals surface area contributed by atoms with Crippen LogP contribution < -0.4 is 0 Å². The fourth-order valence-electron chi connectivity index (χ4n) is 1.81. The zero-order valence-corrected chi connectivity index (χ0v) is 11.7. The van der Waals surface area contributed by atoms with Crippen molar-refractivity contribution in [1.29, 1.82) is 0 Å². The van der Waals surface area contributed by atoms with Crippen LogP contribution in [0.3, 0.4) is 0 Å². The molecule has 1 heterocycles. The number of carbonyl (C=O) groups excluding carboxylic acids is 1. The molecule has 1 aromatic heterocycles. The van der Waals surface area contributed by atoms with E-state index in [1.54, 1.807) is 14.0 Å². The van der Waals surface area contributed by atoms with E-state index in [2.05, 4.69) is 10.2 Å². The standard InChI is InChI=1S/C10H14ClN3O3S/c1-3-7-9(18(11,16)17)8(13-12-7)10(15)14(2)6-4-5-6/h6H,3-5H2,1-2H3,(H,12,13). The molecule has 1 aliphatic rings. The Hall–Kier alpha value is -1.08. The van der Waals surface area contributed by atoms with E-state index in [1.807, 2.05) is 0 Å². The fraction of sp³-hybridized carbons (Fsp3) is 0.600. The lowest BCUT2D eigenvalue weighted by Crippen LogP contribution is -2.30. The predicted molar refractivity (Wildman–Crippen MR) is 66.1 cm³/mol. The van der Waals surface area contributed by atoms with Crippen LogP contribution in [-0.2, 0) is 15.5 Å². The number of hydrogen-bond donors (Lipinski definition) is 1. The summed E-state index contributed by atoms with van der Waals surface area (Å²) in [5.74, 6) is -0.410. The van der Waals surface area contributed by atoms with Gasteiger partial charge in [0, 0.05) is 23.8 Å². The van der Waals surface area contributed by atoms with Crippen LogP contribution in [0.5, 0.6) is 0 Å². The number of nitrogens with one attached hydrogen (secondary N) is 1. The molecule has 0 unspecified atom stereocenters. The first-order chi connectivity index (χ1) is 8.36. The Labute approximate surface area is 110 Å². The number of nitrogens with zero attached hydrogens (tertiary/aromatic N) is 2. The smallest absolute Gasteiger partial charge is 0.275 e. The Balaban J connectivity index is 2.44. The van der Waals surface area contributed by atoms with Crippen LogP contribution in [0.1, 0.15) is 35.9 Å². The van der Waals surface area contributed by atoms with E-state index in [4.69, 9.17) is 10.7 Å². The van der Waals surface area contributed by atoms with Gasteiger partial charge in [0.25, 0.3) is 15.0 Å². The van der Waals surface area contributed by atoms with Crippen molar-refractivity contribution in [3.63, 3.8) is 0 Å². The summed E-state index contributed by atoms with van der Waals surface area (Å²) in [6.07, 6.45) is 2.29. The van der Waals surface area contributed by atoms with Crippen molar-refractivity contribution < 1.29 is 13.2 Å². The molecular formula is C10H14ClN3O3S. The van der Waals surface area contributed by atoms with Crippen LogP contribution in [0.2, 0.25) is 0 Å². The number of H-pyrrole nitrogens is 1. The molecule has 1 N–H and O–H groups in total. The van der Waals surface area contributed by atoms with E-state index in [1.165, 1.54) is 4.90 Å². The lowest BCUT2D eigenvalue weighted by atomic mass is 10.3. The molecule has 1 aromatic rings. The Morgan fingerprint density at radius 2 is 2.17 bits per heavy atom. The zero-order valence-electron chi connectivity index (χ0n) is 10.1. The van der Waals surface area contributed by atoms with E-state index in [-0.39, 0.29) is 16.6 Å². The summed E-state index contributed by atoms with van der Waals surface area (Å²) in [6.45, 7) is 1.76. The number of amides is 1. The fourth-order valence-corrected chi connectivity index (χ4v) is 3.16. The molecule has 0 spiro atoms. The van der Waals surface area contributed by atoms with Crippen LogP contribution in [0.15, 0.2) is 4.90 Å². The molecule has 0 saturated heterocycles. The van der Waals surface area contributed by atoms with Gasteiger partial charge in [0.15, 0.2) is 5.69 Å². The maximum atomic E-state index is 12.1. The Morgan fingerprint density at radius 1 is 1.56 bits per heavy atom. The molecular weight excluding hydrogens is 278 g/mol. The molecule has 0 bridgehead atoms. The van der Waals surface area contributed by atoms with E-state index in [0.29, 0.717) is 12.1 Å². The average Bonchev–Trinajstić information content (AvgIpc) is 3.04. The summed E-state index contributed by atoms with van der Waals surface area (Å²) >= 11 is 0. The maximum absolute atomic E-state index is 12.1. The molecule has 0 radical (unpaired) electrons. The summed E-state index contributed by atoms with van der Waals surface area (Å²) in [6, 6.07) is 0.185. The molecule has 1 saturated carbocycles. The van der Waals surface area contributed by atoms with Gasteiger partial charge >= 0.3 is 0 Å². The molecule has 18 heavy (non-hydrogen) atoms. The van der Waals surface area contributed by atoms with Gasteiger partial charge in [0.1, 0.15) is 4.90 Å². The number of aromatic amines is 1. The van der Waals surface area contributed by atoms with Crippen LogP contribution in [0.25, 0.3) is 0 Å². The van der Waals surface area contributed by atoms with Gasteiger partial charge in [-0.1, -0.05) is 6.92 Å². The third-order valence-corrected chi connectivity index (χ3v) is 4.40. The monoisotopic (exact) mass is 291 g/mol. The van der Waals surface area contributed by atoms with E-state index < -0.39 is 15.0 Å². The number of aryl methyl sites for hydroxylation is 1. The Kier molecular flexibility index (Phi) is 3.37. The lowest BCUT2D eigenvalue weighted by molar-refractivity contribution is 0.0775. The summed E-state index contributed by atoms with van der Waals surface area (Å²) in [5, 5.41) is 6.37. The van der Waals surface area contributed by atoms with Crippen LogP contribution >= 0.6 is 10.7 Å². The number of rotatable bonds is 4. The van der Waals surface area contributed by atoms with Gasteiger partial charge in [-0.2, -0.15) is 5.10 Å². The van der Waals surface area contributed by atoms with Crippen LogP contribution in [-0.4, -0.2) is 42.5 Å². The number of carbonyl (C=O) groups is 1. The van der Waals surface area contributed by atoms with E-state index >= 15 is 0 Å². The highest BCUT2D eigenvalue weighted by atomic mass is 35.7. The summed E-state index contributed by atoms with van der Waals surface area (Å²) in [7, 11) is 3.03. The molecule has 0 aliphatic heterocycles. The minimum Gasteiger partial charge on any atom is -0.337 e. The van der Waals surface area contributed by atoms with Gasteiger partial charge < -0.3 is 4.90 Å². The molecule has 6 nitrogen and oxygen atoms in total. The van der Waals surface area contributed by atoms with Crippen molar-refractivity contribution in [2.75, 3.05) is 7.05 Å². The zero-order chi connectivity index (χ0) is 13.5. The van der Waals surface area contributed by atoms with E-state index in [9.17, 15) is 13.2 Å². The molecule has 100 valence electrons. The molecule has 1 amide bonds. The topological polar surface area (TPSA) is 83.1 Å². The van der Waals surface area contributed by atoms with Gasteiger partial charge in [0.05, 0.1) is 5.69 Å². The van der Waals surface area contributed by atoms with Gasteiger partial charge in [-0.25, -0.2) is 8.42 Å². The molecule has 1 fully saturated rings. The molecule has 0 aromatic carbocycles. The average molecular weight is 292 g/mol. The summed E-state index contributed by atoms with van der Waals surface area (Å²) in [5.41, 5.74) is 0.244. The lowest BCUT2D eigenvalue weighted by Gasteiger charge is -2.14. The quantitative estimate of drug-likeness (QED) is 0.843. The first-order valence-electron chi connectivity index (χ1n) is 5.65. The Bertz CT molecular complexity index is 577. The first kappa shape index (κ1) is 13.4. The minimum absolute atomic E-state index is 0.115. The molecule has 0 atom stereocenters. The van der Waals surface area contributed by atoms with E-state index in [0.717, 1.165) is 12.8 Å². The van der Waals surface area contributed by atoms with Crippen molar-refractivity contribution in [3.05, 3.63) is 11.4 Å². The highest BCUT2D eigenvalue weighted by Crippen LogP contribution is 2.29. The van der Waals surface area contributed by atoms with Crippen LogP contribution in [0, 0.1) is 0 Å². The Morgan fingerprint density at radius 3 is 2.61 bits per heavy atom. The van der Waals surface area contributed by atoms with Crippen molar-refractivity contribution in [3.8, 4) is 0 Å². The highest BCUT2D eigenvalue weighted by Gasteiger charge is 2.35. The number of aromatic nitrogens is 2. The largest absolute Gasteiger partial charge is 0.337 e. The summed E-state index contributed by atoms with van der Waals surface area (Å²) in [4.78, 5) is 13.5. The van der Waals surface area contributed by atoms with Gasteiger partial charge in [0.2, 0.25) is 0 Å². The van der Waals surface area contributed by atoms with Gasteiger partial charge in [-0.15, -0.1) is 0 Å². The number of halogens is 1. The minimum atomic E-state index is -3.99. The third-order valence-electron chi connectivity index (χ3n) is 3.01. The second kappa shape index (κ2) is 4.55.